The Bertz CT molecular complexity index is 812. The second kappa shape index (κ2) is 5.38. The number of amides is 1. The highest BCUT2D eigenvalue weighted by Gasteiger charge is 2.57. The fraction of sp³-hybridized carbons (Fsp3) is 0.579. The van der Waals surface area contributed by atoms with Crippen molar-refractivity contribution >= 4 is 5.91 Å². The zero-order valence-corrected chi connectivity index (χ0v) is 14.6. The van der Waals surface area contributed by atoms with Crippen molar-refractivity contribution in [2.24, 2.45) is 13.0 Å². The lowest BCUT2D eigenvalue weighted by atomic mass is 9.64. The number of aromatic nitrogens is 4. The van der Waals surface area contributed by atoms with Crippen molar-refractivity contribution in [2.75, 3.05) is 6.54 Å². The molecule has 3 heterocycles. The van der Waals surface area contributed by atoms with Gasteiger partial charge in [-0.2, -0.15) is 5.10 Å². The van der Waals surface area contributed by atoms with E-state index >= 15 is 0 Å². The lowest BCUT2D eigenvalue weighted by molar-refractivity contribution is -0.140. The molecule has 2 aromatic rings. The molecule has 6 heteroatoms. The van der Waals surface area contributed by atoms with Crippen LogP contribution in [0.4, 0.5) is 0 Å². The maximum Gasteiger partial charge on any atom is 0.230 e. The van der Waals surface area contributed by atoms with Gasteiger partial charge in [-0.1, -0.05) is 6.07 Å². The van der Waals surface area contributed by atoms with Gasteiger partial charge in [-0.05, 0) is 49.7 Å². The summed E-state index contributed by atoms with van der Waals surface area (Å²) in [7, 11) is 1.90. The number of carbonyl (C=O) groups is 1. The fourth-order valence-corrected chi connectivity index (χ4v) is 4.68. The van der Waals surface area contributed by atoms with E-state index in [0.29, 0.717) is 18.3 Å². The van der Waals surface area contributed by atoms with Crippen LogP contribution in [0.5, 0.6) is 0 Å². The van der Waals surface area contributed by atoms with Gasteiger partial charge in [0.2, 0.25) is 5.91 Å². The summed E-state index contributed by atoms with van der Waals surface area (Å²) >= 11 is 0. The summed E-state index contributed by atoms with van der Waals surface area (Å²) < 4.78 is 1.79. The minimum absolute atomic E-state index is 0.136. The molecule has 5 rings (SSSR count). The van der Waals surface area contributed by atoms with Crippen LogP contribution in [0, 0.1) is 5.92 Å². The van der Waals surface area contributed by atoms with E-state index in [9.17, 15) is 4.79 Å². The van der Waals surface area contributed by atoms with E-state index in [0.717, 1.165) is 31.0 Å². The molecule has 1 aliphatic heterocycles. The largest absolute Gasteiger partial charge is 0.332 e. The number of rotatable bonds is 4. The number of likely N-dealkylation sites (tertiary alicyclic amines) is 1. The second-order valence-corrected chi connectivity index (χ2v) is 7.70. The second-order valence-electron chi connectivity index (χ2n) is 7.70. The van der Waals surface area contributed by atoms with Crippen LogP contribution in [-0.4, -0.2) is 37.1 Å². The Morgan fingerprint density at radius 1 is 1.32 bits per heavy atom. The van der Waals surface area contributed by atoms with Crippen molar-refractivity contribution in [3.05, 3.63) is 41.7 Å². The van der Waals surface area contributed by atoms with E-state index in [2.05, 4.69) is 26.0 Å². The van der Waals surface area contributed by atoms with Crippen molar-refractivity contribution in [1.82, 2.24) is 24.6 Å². The molecular weight excluding hydrogens is 314 g/mol. The first-order valence-corrected chi connectivity index (χ1v) is 9.29. The molecule has 6 nitrogen and oxygen atoms in total. The van der Waals surface area contributed by atoms with Gasteiger partial charge in [-0.25, -0.2) is 4.98 Å². The van der Waals surface area contributed by atoms with Crippen LogP contribution < -0.4 is 0 Å². The molecule has 0 spiro atoms. The van der Waals surface area contributed by atoms with Crippen LogP contribution in [0.1, 0.15) is 55.2 Å². The number of hydrogen-bond acceptors (Lipinski definition) is 4. The van der Waals surface area contributed by atoms with Crippen molar-refractivity contribution < 1.29 is 4.79 Å². The molecule has 3 aliphatic rings. The molecule has 0 aromatic carbocycles. The first-order valence-electron chi connectivity index (χ1n) is 9.29. The van der Waals surface area contributed by atoms with Gasteiger partial charge in [-0.15, -0.1) is 0 Å². The van der Waals surface area contributed by atoms with Gasteiger partial charge < -0.3 is 4.90 Å². The van der Waals surface area contributed by atoms with Crippen molar-refractivity contribution in [3.63, 3.8) is 0 Å². The van der Waals surface area contributed by atoms with Crippen LogP contribution in [0.3, 0.4) is 0 Å². The van der Waals surface area contributed by atoms with Gasteiger partial charge in [-0.3, -0.25) is 14.5 Å². The van der Waals surface area contributed by atoms with Gasteiger partial charge in [0.15, 0.2) is 5.82 Å². The summed E-state index contributed by atoms with van der Waals surface area (Å²) in [6.07, 6.45) is 9.76. The first kappa shape index (κ1) is 15.0. The zero-order valence-electron chi connectivity index (χ0n) is 14.6. The van der Waals surface area contributed by atoms with Gasteiger partial charge in [0.25, 0.3) is 0 Å². The topological polar surface area (TPSA) is 63.9 Å². The molecule has 0 N–H and O–H groups in total. The minimum atomic E-state index is -0.136. The van der Waals surface area contributed by atoms with E-state index in [1.165, 1.54) is 24.8 Å². The number of pyridine rings is 1. The standard InChI is InChI=1S/C19H23N5O/c1-23-16(21-18(22-23)13-4-5-13)11-17(25)24-10-7-14-6-8-19(14,24)15-3-2-9-20-12-15/h2-3,9,12-14H,4-8,10-11H2,1H3/t14-,19-/m0/s1. The van der Waals surface area contributed by atoms with Crippen LogP contribution >= 0.6 is 0 Å². The highest BCUT2D eigenvalue weighted by atomic mass is 16.2. The Labute approximate surface area is 147 Å². The third kappa shape index (κ3) is 2.23. The Hall–Kier alpha value is -2.24. The number of hydrogen-bond donors (Lipinski definition) is 0. The van der Waals surface area contributed by atoms with Crippen LogP contribution in [0.15, 0.2) is 24.5 Å². The van der Waals surface area contributed by atoms with Crippen molar-refractivity contribution in [3.8, 4) is 0 Å². The fourth-order valence-electron chi connectivity index (χ4n) is 4.68. The predicted octanol–water partition coefficient (Wildman–Crippen LogP) is 2.17. The van der Waals surface area contributed by atoms with E-state index in [4.69, 9.17) is 0 Å². The lowest BCUT2D eigenvalue weighted by Gasteiger charge is -2.50. The molecule has 25 heavy (non-hydrogen) atoms. The molecule has 130 valence electrons. The smallest absolute Gasteiger partial charge is 0.230 e. The van der Waals surface area contributed by atoms with Gasteiger partial charge in [0.1, 0.15) is 5.82 Å². The number of carbonyl (C=O) groups excluding carboxylic acids is 1. The number of nitrogens with zero attached hydrogens (tertiary/aromatic N) is 5. The molecule has 2 atom stereocenters. The Morgan fingerprint density at radius 3 is 2.88 bits per heavy atom. The summed E-state index contributed by atoms with van der Waals surface area (Å²) in [6.45, 7) is 0.839. The van der Waals surface area contributed by atoms with Crippen LogP contribution in [0.2, 0.25) is 0 Å². The Balaban J connectivity index is 1.41. The van der Waals surface area contributed by atoms with Crippen molar-refractivity contribution in [1.29, 1.82) is 0 Å². The molecule has 2 aliphatic carbocycles. The third-order valence-corrected chi connectivity index (χ3v) is 6.32. The molecule has 1 amide bonds. The predicted molar refractivity (Wildman–Crippen MR) is 91.7 cm³/mol. The number of fused-ring (bicyclic) bond motifs is 1. The average molecular weight is 337 g/mol. The van der Waals surface area contributed by atoms with Gasteiger partial charge in [0.05, 0.1) is 12.0 Å². The van der Waals surface area contributed by atoms with Crippen LogP contribution in [0.25, 0.3) is 0 Å². The third-order valence-electron chi connectivity index (χ3n) is 6.32. The van der Waals surface area contributed by atoms with E-state index in [-0.39, 0.29) is 11.4 Å². The summed E-state index contributed by atoms with van der Waals surface area (Å²) in [4.78, 5) is 24.2. The molecule has 2 aromatic heterocycles. The molecular formula is C19H23N5O. The van der Waals surface area contributed by atoms with E-state index in [1.807, 2.05) is 19.3 Å². The maximum absolute atomic E-state index is 13.2. The molecule has 3 fully saturated rings. The molecule has 0 unspecified atom stereocenters. The monoisotopic (exact) mass is 337 g/mol. The summed E-state index contributed by atoms with van der Waals surface area (Å²) in [6, 6.07) is 4.10. The average Bonchev–Trinajstić information content (AvgIpc) is 3.33. The summed E-state index contributed by atoms with van der Waals surface area (Å²) in [5.41, 5.74) is 1.05. The zero-order chi connectivity index (χ0) is 17.0. The van der Waals surface area contributed by atoms with Crippen LogP contribution in [-0.2, 0) is 23.8 Å². The highest BCUT2D eigenvalue weighted by Crippen LogP contribution is 2.56. The SMILES string of the molecule is Cn1nc(C2CC2)nc1CC(=O)N1CC[C@@H]2CC[C@@]21c1cccnc1. The summed E-state index contributed by atoms with van der Waals surface area (Å²) in [5.74, 6) is 2.96. The first-order chi connectivity index (χ1) is 12.2. The molecule has 0 bridgehead atoms. The van der Waals surface area contributed by atoms with Gasteiger partial charge in [0, 0.05) is 31.9 Å². The summed E-state index contributed by atoms with van der Waals surface area (Å²) in [5, 5.41) is 4.50. The molecule has 1 saturated heterocycles. The van der Waals surface area contributed by atoms with Crippen molar-refractivity contribution in [2.45, 2.75) is 50.0 Å². The Morgan fingerprint density at radius 2 is 2.20 bits per heavy atom. The van der Waals surface area contributed by atoms with E-state index in [1.54, 1.807) is 10.9 Å². The minimum Gasteiger partial charge on any atom is -0.332 e. The maximum atomic E-state index is 13.2. The Kier molecular flexibility index (Phi) is 3.24. The molecule has 2 saturated carbocycles. The normalized spacial score (nSPS) is 27.9. The number of aryl methyl sites for hydroxylation is 1. The molecule has 0 radical (unpaired) electrons. The highest BCUT2D eigenvalue weighted by molar-refractivity contribution is 5.80. The van der Waals surface area contributed by atoms with E-state index < -0.39 is 0 Å². The lowest BCUT2D eigenvalue weighted by Crippen LogP contribution is -2.54. The van der Waals surface area contributed by atoms with Gasteiger partial charge >= 0.3 is 0 Å². The quantitative estimate of drug-likeness (QED) is 0.858.